The number of piperidine rings is 1. The number of nitrogens with zero attached hydrogens (tertiary/aromatic N) is 1. The fraction of sp³-hybridized carbons (Fsp3) is 0.600. The van der Waals surface area contributed by atoms with Crippen molar-refractivity contribution in [2.24, 2.45) is 5.92 Å². The predicted octanol–water partition coefficient (Wildman–Crippen LogP) is 1.58. The maximum absolute atomic E-state index is 13.4. The minimum Gasteiger partial charge on any atom is -0.493 e. The standard InChI is InChI=1S/C30H37NO11/c1-16(2)14-38-24(34)15-39-23(33)13-21(40-17(3)32)28(35)41-20-8-9-30(36)22-12-18-6-7-19(37-5)26-25(18)29(30,27(20)42-26)10-11-31(22)4/h6-8,16,21-22,27,36H,9-15H2,1-5H3/t21-,22+,27-,29-,30+/m0/s1. The predicted molar refractivity (Wildman–Crippen MR) is 144 cm³/mol. The molecule has 2 aliphatic carbocycles. The van der Waals surface area contributed by atoms with E-state index in [1.807, 2.05) is 33.0 Å². The Hall–Kier alpha value is -3.64. The fourth-order valence-electron chi connectivity index (χ4n) is 6.79. The van der Waals surface area contributed by atoms with E-state index >= 15 is 0 Å². The molecule has 5 rings (SSSR count). The fourth-order valence-corrected chi connectivity index (χ4v) is 6.79. The van der Waals surface area contributed by atoms with Gasteiger partial charge < -0.3 is 38.4 Å². The van der Waals surface area contributed by atoms with E-state index in [9.17, 15) is 24.3 Å². The number of ether oxygens (including phenoxy) is 6. The van der Waals surface area contributed by atoms with E-state index in [0.717, 1.165) is 18.1 Å². The Kier molecular flexibility index (Phi) is 7.97. The minimum atomic E-state index is -1.63. The summed E-state index contributed by atoms with van der Waals surface area (Å²) in [5.41, 5.74) is -0.202. The summed E-state index contributed by atoms with van der Waals surface area (Å²) in [5.74, 6) is -2.22. The number of esters is 4. The zero-order chi connectivity index (χ0) is 30.4. The Labute approximate surface area is 243 Å². The molecule has 42 heavy (non-hydrogen) atoms. The van der Waals surface area contributed by atoms with Crippen molar-refractivity contribution in [2.75, 3.05) is 33.9 Å². The maximum Gasteiger partial charge on any atom is 0.353 e. The average Bonchev–Trinajstić information content (AvgIpc) is 3.29. The van der Waals surface area contributed by atoms with Gasteiger partial charge in [-0.3, -0.25) is 9.59 Å². The van der Waals surface area contributed by atoms with Crippen molar-refractivity contribution < 1.29 is 52.7 Å². The van der Waals surface area contributed by atoms with E-state index in [1.54, 1.807) is 6.08 Å². The second-order valence-corrected chi connectivity index (χ2v) is 11.7. The Morgan fingerprint density at radius 1 is 1.17 bits per heavy atom. The summed E-state index contributed by atoms with van der Waals surface area (Å²) in [4.78, 5) is 51.6. The topological polar surface area (TPSA) is 147 Å². The van der Waals surface area contributed by atoms with Gasteiger partial charge in [0.15, 0.2) is 24.2 Å². The molecule has 4 aliphatic rings. The number of carbonyl (C=O) groups is 4. The molecular weight excluding hydrogens is 550 g/mol. The SMILES string of the molecule is COc1ccc2c3c1O[C@H]1C(OC(=O)[C@H](CC(=O)OCC(=O)OCC(C)C)OC(C)=O)=CC[C@@]4(O)[C@@H](C2)N(C)CC[C@]314. The van der Waals surface area contributed by atoms with Crippen molar-refractivity contribution in [1.29, 1.82) is 0 Å². The van der Waals surface area contributed by atoms with Crippen molar-refractivity contribution in [3.8, 4) is 11.5 Å². The monoisotopic (exact) mass is 587 g/mol. The molecule has 0 unspecified atom stereocenters. The van der Waals surface area contributed by atoms with Crippen LogP contribution in [0.3, 0.4) is 0 Å². The van der Waals surface area contributed by atoms with Crippen molar-refractivity contribution in [3.63, 3.8) is 0 Å². The Morgan fingerprint density at radius 2 is 1.93 bits per heavy atom. The van der Waals surface area contributed by atoms with Crippen LogP contribution in [-0.4, -0.2) is 91.7 Å². The van der Waals surface area contributed by atoms with Crippen LogP contribution in [0.2, 0.25) is 0 Å². The van der Waals surface area contributed by atoms with E-state index in [-0.39, 0.29) is 30.7 Å². The molecule has 12 nitrogen and oxygen atoms in total. The smallest absolute Gasteiger partial charge is 0.353 e. The van der Waals surface area contributed by atoms with Crippen LogP contribution in [0, 0.1) is 5.92 Å². The first-order valence-corrected chi connectivity index (χ1v) is 14.1. The van der Waals surface area contributed by atoms with E-state index in [0.29, 0.717) is 30.9 Å². The van der Waals surface area contributed by atoms with Gasteiger partial charge in [0.05, 0.1) is 31.2 Å². The summed E-state index contributed by atoms with van der Waals surface area (Å²) in [6.45, 7) is 5.03. The zero-order valence-electron chi connectivity index (χ0n) is 24.5. The van der Waals surface area contributed by atoms with E-state index in [1.165, 1.54) is 7.11 Å². The number of likely N-dealkylation sites (tertiary alicyclic amines) is 1. The van der Waals surface area contributed by atoms with Crippen LogP contribution in [-0.2, 0) is 50.0 Å². The van der Waals surface area contributed by atoms with Gasteiger partial charge in [-0.1, -0.05) is 19.9 Å². The lowest BCUT2D eigenvalue weighted by atomic mass is 9.50. The lowest BCUT2D eigenvalue weighted by Gasteiger charge is -2.61. The molecule has 1 saturated heterocycles. The lowest BCUT2D eigenvalue weighted by molar-refractivity contribution is -0.178. The first-order chi connectivity index (χ1) is 19.9. The highest BCUT2D eigenvalue weighted by atomic mass is 16.6. The highest BCUT2D eigenvalue weighted by Crippen LogP contribution is 2.65. The molecule has 0 radical (unpaired) electrons. The normalized spacial score (nSPS) is 27.6. The van der Waals surface area contributed by atoms with Crippen molar-refractivity contribution >= 4 is 23.9 Å². The summed E-state index contributed by atoms with van der Waals surface area (Å²) in [7, 11) is 3.53. The van der Waals surface area contributed by atoms with Gasteiger partial charge in [-0.25, -0.2) is 9.59 Å². The molecule has 5 atom stereocenters. The van der Waals surface area contributed by atoms with Gasteiger partial charge in [0, 0.05) is 24.9 Å². The number of aliphatic hydroxyl groups is 1. The van der Waals surface area contributed by atoms with Gasteiger partial charge in [-0.2, -0.15) is 0 Å². The summed E-state index contributed by atoms with van der Waals surface area (Å²) in [6.07, 6.45) is -0.176. The molecule has 228 valence electrons. The quantitative estimate of drug-likeness (QED) is 0.313. The van der Waals surface area contributed by atoms with Gasteiger partial charge in [0.25, 0.3) is 0 Å². The number of methoxy groups -OCH3 is 1. The lowest BCUT2D eigenvalue weighted by Crippen LogP contribution is -2.74. The molecule has 1 fully saturated rings. The number of rotatable bonds is 10. The number of hydrogen-bond acceptors (Lipinski definition) is 12. The first-order valence-electron chi connectivity index (χ1n) is 14.1. The van der Waals surface area contributed by atoms with Gasteiger partial charge in [-0.05, 0) is 50.1 Å². The second kappa shape index (κ2) is 11.2. The molecule has 1 aromatic rings. The van der Waals surface area contributed by atoms with Crippen LogP contribution in [0.25, 0.3) is 0 Å². The maximum atomic E-state index is 13.4. The highest BCUT2D eigenvalue weighted by Gasteiger charge is 2.72. The first kappa shape index (κ1) is 29.8. The summed E-state index contributed by atoms with van der Waals surface area (Å²) in [6, 6.07) is 3.63. The second-order valence-electron chi connectivity index (χ2n) is 11.7. The number of carbonyl (C=O) groups excluding carboxylic acids is 4. The third-order valence-electron chi connectivity index (χ3n) is 8.63. The van der Waals surface area contributed by atoms with E-state index in [2.05, 4.69) is 4.90 Å². The van der Waals surface area contributed by atoms with Crippen molar-refractivity contribution in [3.05, 3.63) is 35.1 Å². The van der Waals surface area contributed by atoms with Crippen LogP contribution in [0.15, 0.2) is 24.0 Å². The molecule has 0 saturated carbocycles. The third-order valence-corrected chi connectivity index (χ3v) is 8.63. The minimum absolute atomic E-state index is 0.107. The number of likely N-dealkylation sites (N-methyl/N-ethyl adjacent to an activating group) is 1. The summed E-state index contributed by atoms with van der Waals surface area (Å²) >= 11 is 0. The van der Waals surface area contributed by atoms with E-state index < -0.39 is 60.1 Å². The van der Waals surface area contributed by atoms with Crippen molar-refractivity contribution in [2.45, 2.75) is 75.7 Å². The van der Waals surface area contributed by atoms with Gasteiger partial charge in [0.2, 0.25) is 6.10 Å². The third kappa shape index (κ3) is 4.90. The van der Waals surface area contributed by atoms with Gasteiger partial charge >= 0.3 is 23.9 Å². The largest absolute Gasteiger partial charge is 0.493 e. The zero-order valence-corrected chi connectivity index (χ0v) is 24.5. The number of benzene rings is 1. The van der Waals surface area contributed by atoms with Crippen LogP contribution >= 0.6 is 0 Å². The van der Waals surface area contributed by atoms with Gasteiger partial charge in [0.1, 0.15) is 5.76 Å². The number of hydrogen-bond donors (Lipinski definition) is 1. The molecule has 12 heteroatoms. The molecule has 2 bridgehead atoms. The molecule has 1 aromatic carbocycles. The van der Waals surface area contributed by atoms with Crippen LogP contribution in [0.1, 0.15) is 51.2 Å². The Bertz CT molecular complexity index is 1320. The molecule has 0 aromatic heterocycles. The van der Waals surface area contributed by atoms with Crippen LogP contribution < -0.4 is 9.47 Å². The highest BCUT2D eigenvalue weighted by molar-refractivity contribution is 5.85. The molecule has 1 N–H and O–H groups in total. The van der Waals surface area contributed by atoms with Gasteiger partial charge in [-0.15, -0.1) is 0 Å². The summed E-state index contributed by atoms with van der Waals surface area (Å²) in [5, 5.41) is 12.3. The molecule has 1 spiro atoms. The van der Waals surface area contributed by atoms with Crippen LogP contribution in [0.4, 0.5) is 0 Å². The Balaban J connectivity index is 1.37. The average molecular weight is 588 g/mol. The Morgan fingerprint density at radius 3 is 2.62 bits per heavy atom. The molecule has 0 amide bonds. The molecular formula is C30H37NO11. The summed E-state index contributed by atoms with van der Waals surface area (Å²) < 4.78 is 32.9. The molecule has 2 heterocycles. The molecule has 2 aliphatic heterocycles. The van der Waals surface area contributed by atoms with Crippen molar-refractivity contribution in [1.82, 2.24) is 4.90 Å². The van der Waals surface area contributed by atoms with E-state index in [4.69, 9.17) is 28.4 Å². The van der Waals surface area contributed by atoms with Crippen LogP contribution in [0.5, 0.6) is 11.5 Å².